The van der Waals surface area contributed by atoms with Crippen molar-refractivity contribution in [3.63, 3.8) is 0 Å². The fourth-order valence-corrected chi connectivity index (χ4v) is 3.00. The summed E-state index contributed by atoms with van der Waals surface area (Å²) in [6, 6.07) is 9.59. The monoisotopic (exact) mass is 416 g/mol. The van der Waals surface area contributed by atoms with E-state index in [1.807, 2.05) is 0 Å². The molecule has 0 bridgehead atoms. The van der Waals surface area contributed by atoms with Crippen LogP contribution >= 0.6 is 11.6 Å². The second-order valence-corrected chi connectivity index (χ2v) is 6.59. The molecule has 2 amide bonds. The van der Waals surface area contributed by atoms with Crippen LogP contribution in [0.4, 0.5) is 5.69 Å². The van der Waals surface area contributed by atoms with Crippen LogP contribution in [-0.2, 0) is 9.53 Å². The Kier molecular flexibility index (Phi) is 5.42. The Morgan fingerprint density at radius 1 is 1.14 bits per heavy atom. The fourth-order valence-electron chi connectivity index (χ4n) is 2.88. The van der Waals surface area contributed by atoms with Crippen LogP contribution in [0.3, 0.4) is 0 Å². The van der Waals surface area contributed by atoms with E-state index in [1.54, 1.807) is 0 Å². The average molecular weight is 417 g/mol. The number of esters is 1. The van der Waals surface area contributed by atoms with Gasteiger partial charge in [0, 0.05) is 16.7 Å². The molecule has 0 N–H and O–H groups in total. The number of hydrogen-bond donors (Lipinski definition) is 0. The van der Waals surface area contributed by atoms with Crippen molar-refractivity contribution in [2.45, 2.75) is 13.0 Å². The number of nitro groups is 1. The zero-order chi connectivity index (χ0) is 21.3. The van der Waals surface area contributed by atoms with Gasteiger partial charge in [0.2, 0.25) is 5.78 Å². The van der Waals surface area contributed by atoms with Crippen LogP contribution in [0, 0.1) is 10.1 Å². The van der Waals surface area contributed by atoms with Crippen LogP contribution in [0.5, 0.6) is 0 Å². The molecule has 0 fully saturated rings. The van der Waals surface area contributed by atoms with Crippen LogP contribution in [0.1, 0.15) is 38.0 Å². The number of ketones is 1. The van der Waals surface area contributed by atoms with Gasteiger partial charge in [0.05, 0.1) is 10.5 Å². The number of carbonyl (C=O) groups excluding carboxylic acids is 4. The van der Waals surface area contributed by atoms with Gasteiger partial charge < -0.3 is 4.74 Å². The lowest BCUT2D eigenvalue weighted by molar-refractivity contribution is -0.385. The molecule has 2 aromatic rings. The molecular formula is C19H13ClN2O7. The Hall–Kier alpha value is -3.59. The molecule has 0 aliphatic carbocycles. The highest BCUT2D eigenvalue weighted by molar-refractivity contribution is 6.30. The SMILES string of the molecule is C[C@H](OC(=O)CN1C(=O)c2cccc([N+](=O)[O-])c2C1=O)C(=O)c1ccc(Cl)cc1. The minimum absolute atomic E-state index is 0.165. The van der Waals surface area contributed by atoms with E-state index in [0.717, 1.165) is 6.07 Å². The number of nitrogens with zero attached hydrogens (tertiary/aromatic N) is 2. The summed E-state index contributed by atoms with van der Waals surface area (Å²) in [5.74, 6) is -3.31. The Morgan fingerprint density at radius 2 is 1.79 bits per heavy atom. The molecule has 1 atom stereocenters. The third kappa shape index (κ3) is 3.85. The number of amides is 2. The number of nitro benzene ring substituents is 1. The van der Waals surface area contributed by atoms with E-state index in [1.165, 1.54) is 43.3 Å². The van der Waals surface area contributed by atoms with Gasteiger partial charge in [-0.1, -0.05) is 17.7 Å². The van der Waals surface area contributed by atoms with E-state index in [0.29, 0.717) is 9.92 Å². The summed E-state index contributed by atoms with van der Waals surface area (Å²) < 4.78 is 5.03. The zero-order valence-corrected chi connectivity index (χ0v) is 15.7. The van der Waals surface area contributed by atoms with Crippen LogP contribution in [-0.4, -0.2) is 46.0 Å². The first-order chi connectivity index (χ1) is 13.7. The number of carbonyl (C=O) groups is 4. The van der Waals surface area contributed by atoms with Gasteiger partial charge in [0.25, 0.3) is 17.5 Å². The van der Waals surface area contributed by atoms with E-state index in [-0.39, 0.29) is 16.7 Å². The first kappa shape index (κ1) is 20.2. The third-order valence-electron chi connectivity index (χ3n) is 4.27. The smallest absolute Gasteiger partial charge is 0.326 e. The zero-order valence-electron chi connectivity index (χ0n) is 15.0. The Labute approximate surface area is 169 Å². The fraction of sp³-hybridized carbons (Fsp3) is 0.158. The Morgan fingerprint density at radius 3 is 2.41 bits per heavy atom. The highest BCUT2D eigenvalue weighted by Gasteiger charge is 2.42. The van der Waals surface area contributed by atoms with Crippen molar-refractivity contribution < 1.29 is 28.8 Å². The highest BCUT2D eigenvalue weighted by atomic mass is 35.5. The molecule has 9 nitrogen and oxygen atoms in total. The lowest BCUT2D eigenvalue weighted by Crippen LogP contribution is -2.37. The van der Waals surface area contributed by atoms with Gasteiger partial charge in [-0.15, -0.1) is 0 Å². The van der Waals surface area contributed by atoms with Crippen molar-refractivity contribution in [1.29, 1.82) is 0 Å². The van der Waals surface area contributed by atoms with Gasteiger partial charge in [-0.3, -0.25) is 34.2 Å². The topological polar surface area (TPSA) is 124 Å². The molecule has 0 spiro atoms. The molecule has 0 saturated carbocycles. The van der Waals surface area contributed by atoms with Crippen molar-refractivity contribution in [2.75, 3.05) is 6.54 Å². The molecule has 1 aliphatic rings. The van der Waals surface area contributed by atoms with Gasteiger partial charge in [-0.25, -0.2) is 0 Å². The van der Waals surface area contributed by atoms with Crippen molar-refractivity contribution in [3.05, 3.63) is 74.3 Å². The van der Waals surface area contributed by atoms with Crippen LogP contribution < -0.4 is 0 Å². The first-order valence-corrected chi connectivity index (χ1v) is 8.71. The lowest BCUT2D eigenvalue weighted by Gasteiger charge is -2.16. The maximum absolute atomic E-state index is 12.5. The summed E-state index contributed by atoms with van der Waals surface area (Å²) in [5.41, 5.74) is -0.795. The first-order valence-electron chi connectivity index (χ1n) is 8.33. The van der Waals surface area contributed by atoms with E-state index in [9.17, 15) is 29.3 Å². The normalized spacial score (nSPS) is 13.8. The number of fused-ring (bicyclic) bond motifs is 1. The molecule has 0 saturated heterocycles. The second-order valence-electron chi connectivity index (χ2n) is 6.16. The molecule has 0 aromatic heterocycles. The van der Waals surface area contributed by atoms with Crippen molar-refractivity contribution >= 4 is 40.9 Å². The van der Waals surface area contributed by atoms with Gasteiger partial charge in [-0.05, 0) is 37.3 Å². The summed E-state index contributed by atoms with van der Waals surface area (Å²) in [4.78, 5) is 60.2. The lowest BCUT2D eigenvalue weighted by atomic mass is 10.1. The summed E-state index contributed by atoms with van der Waals surface area (Å²) >= 11 is 5.76. The number of benzene rings is 2. The minimum Gasteiger partial charge on any atom is -0.453 e. The number of Topliss-reactive ketones (excluding diaryl/α,β-unsaturated/α-hetero) is 1. The maximum Gasteiger partial charge on any atom is 0.326 e. The maximum atomic E-state index is 12.5. The molecule has 2 aromatic carbocycles. The van der Waals surface area contributed by atoms with Gasteiger partial charge in [-0.2, -0.15) is 0 Å². The molecule has 29 heavy (non-hydrogen) atoms. The molecular weight excluding hydrogens is 404 g/mol. The molecule has 0 radical (unpaired) electrons. The number of imide groups is 1. The minimum atomic E-state index is -1.17. The van der Waals surface area contributed by atoms with Crippen LogP contribution in [0.2, 0.25) is 5.02 Å². The number of halogens is 1. The number of rotatable bonds is 6. The van der Waals surface area contributed by atoms with Crippen molar-refractivity contribution in [3.8, 4) is 0 Å². The van der Waals surface area contributed by atoms with Crippen molar-refractivity contribution in [1.82, 2.24) is 4.90 Å². The predicted molar refractivity (Wildman–Crippen MR) is 99.8 cm³/mol. The summed E-state index contributed by atoms with van der Waals surface area (Å²) in [6.07, 6.45) is -1.17. The van der Waals surface area contributed by atoms with E-state index >= 15 is 0 Å². The number of hydrogen-bond acceptors (Lipinski definition) is 7. The average Bonchev–Trinajstić information content (AvgIpc) is 2.92. The van der Waals surface area contributed by atoms with E-state index < -0.39 is 46.8 Å². The predicted octanol–water partition coefficient (Wildman–Crippen LogP) is 2.66. The summed E-state index contributed by atoms with van der Waals surface area (Å²) in [5, 5.41) is 11.5. The van der Waals surface area contributed by atoms with Gasteiger partial charge in [0.1, 0.15) is 12.1 Å². The van der Waals surface area contributed by atoms with E-state index in [2.05, 4.69) is 0 Å². The molecule has 3 rings (SSSR count). The largest absolute Gasteiger partial charge is 0.453 e. The van der Waals surface area contributed by atoms with Gasteiger partial charge in [0.15, 0.2) is 6.10 Å². The van der Waals surface area contributed by atoms with Crippen molar-refractivity contribution in [2.24, 2.45) is 0 Å². The Balaban J connectivity index is 1.71. The van der Waals surface area contributed by atoms with Crippen LogP contribution in [0.25, 0.3) is 0 Å². The van der Waals surface area contributed by atoms with E-state index in [4.69, 9.17) is 16.3 Å². The highest BCUT2D eigenvalue weighted by Crippen LogP contribution is 2.30. The quantitative estimate of drug-likeness (QED) is 0.233. The summed E-state index contributed by atoms with van der Waals surface area (Å²) in [6.45, 7) is 0.573. The van der Waals surface area contributed by atoms with Crippen LogP contribution in [0.15, 0.2) is 42.5 Å². The third-order valence-corrected chi connectivity index (χ3v) is 4.52. The molecule has 1 heterocycles. The Bertz CT molecular complexity index is 1050. The molecule has 10 heteroatoms. The standard InChI is InChI=1S/C19H13ClN2O7/c1-10(17(24)11-5-7-12(20)8-6-11)29-15(23)9-21-18(25)13-3-2-4-14(22(27)28)16(13)19(21)26/h2-8,10H,9H2,1H3/t10-/m0/s1. The molecule has 148 valence electrons. The second kappa shape index (κ2) is 7.80. The molecule has 0 unspecified atom stereocenters. The molecule has 1 aliphatic heterocycles. The summed E-state index contributed by atoms with van der Waals surface area (Å²) in [7, 11) is 0. The number of ether oxygens (including phenoxy) is 1. The van der Waals surface area contributed by atoms with Gasteiger partial charge >= 0.3 is 5.97 Å².